The maximum absolute atomic E-state index is 12.2. The zero-order valence-corrected chi connectivity index (χ0v) is 31.3. The van der Waals surface area contributed by atoms with E-state index in [9.17, 15) is 20.1 Å². The number of hydrogen-bond donors (Lipinski definition) is 4. The number of fused-ring (bicyclic) bond motifs is 10. The van der Waals surface area contributed by atoms with Crippen LogP contribution in [0.15, 0.2) is 47.6 Å². The molecule has 1 aliphatic heterocycles. The van der Waals surface area contributed by atoms with E-state index in [1.807, 2.05) is 6.08 Å². The normalized spacial score (nSPS) is 37.3. The summed E-state index contributed by atoms with van der Waals surface area (Å²) in [5, 5.41) is 34.5. The Bertz CT molecular complexity index is 1870. The van der Waals surface area contributed by atoms with Crippen molar-refractivity contribution < 1.29 is 24.9 Å². The molecule has 49 heavy (non-hydrogen) atoms. The first-order chi connectivity index (χ1) is 22.8. The number of aliphatic hydroxyl groups excluding tert-OH is 2. The molecular weight excluding hydrogens is 610 g/mol. The number of aromatic nitrogens is 1. The van der Waals surface area contributed by atoms with Gasteiger partial charge in [-0.3, -0.25) is 0 Å². The van der Waals surface area contributed by atoms with Crippen molar-refractivity contribution in [3.05, 3.63) is 75.5 Å². The lowest BCUT2D eigenvalue weighted by molar-refractivity contribution is -0.144. The van der Waals surface area contributed by atoms with Gasteiger partial charge >= 0.3 is 5.97 Å². The van der Waals surface area contributed by atoms with Crippen LogP contribution in [0, 0.1) is 28.6 Å². The first-order valence-corrected chi connectivity index (χ1v) is 18.5. The number of aliphatic hydroxyl groups is 2. The van der Waals surface area contributed by atoms with Gasteiger partial charge in [0, 0.05) is 38.9 Å². The van der Waals surface area contributed by atoms with Crippen LogP contribution < -0.4 is 0 Å². The van der Waals surface area contributed by atoms with E-state index in [4.69, 9.17) is 4.74 Å². The molecule has 2 saturated carbocycles. The molecule has 0 spiro atoms. The summed E-state index contributed by atoms with van der Waals surface area (Å²) in [6.07, 6.45) is 14.6. The van der Waals surface area contributed by atoms with Crippen LogP contribution in [0.4, 0.5) is 0 Å². The van der Waals surface area contributed by atoms with Crippen LogP contribution in [0.2, 0.25) is 0 Å². The number of benzene rings is 1. The van der Waals surface area contributed by atoms with Crippen molar-refractivity contribution in [2.24, 2.45) is 28.6 Å². The number of ether oxygens (including phenoxy) is 1. The van der Waals surface area contributed by atoms with Gasteiger partial charge in [0.2, 0.25) is 0 Å². The minimum absolute atomic E-state index is 0.0867. The Morgan fingerprint density at radius 2 is 1.76 bits per heavy atom. The highest BCUT2D eigenvalue weighted by atomic mass is 16.5. The van der Waals surface area contributed by atoms with E-state index >= 15 is 0 Å². The molecule has 6 heteroatoms. The molecule has 7 rings (SSSR count). The topological polar surface area (TPSA) is 103 Å². The molecule has 0 saturated heterocycles. The van der Waals surface area contributed by atoms with E-state index in [0.717, 1.165) is 43.2 Å². The Labute approximate surface area is 292 Å². The van der Waals surface area contributed by atoms with Crippen LogP contribution in [-0.4, -0.2) is 43.6 Å². The third-order valence-electron chi connectivity index (χ3n) is 14.2. The molecule has 0 amide bonds. The van der Waals surface area contributed by atoms with Crippen LogP contribution in [0.3, 0.4) is 0 Å². The molecular formula is C43H57NO5. The van der Waals surface area contributed by atoms with Gasteiger partial charge < -0.3 is 25.0 Å². The number of aliphatic carboxylic acids is 1. The molecule has 1 aromatic carbocycles. The second-order valence-corrected chi connectivity index (χ2v) is 18.1. The van der Waals surface area contributed by atoms with Gasteiger partial charge in [0.05, 0.1) is 23.4 Å². The summed E-state index contributed by atoms with van der Waals surface area (Å²) >= 11 is 0. The summed E-state index contributed by atoms with van der Waals surface area (Å²) in [5.41, 5.74) is 8.48. The van der Waals surface area contributed by atoms with Crippen LogP contribution in [-0.2, 0) is 27.8 Å². The lowest BCUT2D eigenvalue weighted by Crippen LogP contribution is -2.61. The molecule has 0 bridgehead atoms. The fraction of sp³-hybridized carbons (Fsp3) is 0.605. The number of carboxylic acids is 1. The highest BCUT2D eigenvalue weighted by molar-refractivity contribution is 5.96. The molecule has 2 aromatic rings. The number of aromatic amines is 1. The zero-order valence-electron chi connectivity index (χ0n) is 31.3. The fourth-order valence-corrected chi connectivity index (χ4v) is 11.7. The fourth-order valence-electron chi connectivity index (χ4n) is 11.7. The van der Waals surface area contributed by atoms with Crippen molar-refractivity contribution in [1.82, 2.24) is 4.98 Å². The summed E-state index contributed by atoms with van der Waals surface area (Å²) in [7, 11) is 0. The number of rotatable bonds is 5. The van der Waals surface area contributed by atoms with Gasteiger partial charge in [-0.05, 0) is 144 Å². The van der Waals surface area contributed by atoms with Crippen molar-refractivity contribution in [3.63, 3.8) is 0 Å². The monoisotopic (exact) mass is 667 g/mol. The lowest BCUT2D eigenvalue weighted by atomic mass is 9.40. The molecule has 264 valence electrons. The molecule has 4 N–H and O–H groups in total. The third-order valence-corrected chi connectivity index (χ3v) is 14.2. The summed E-state index contributed by atoms with van der Waals surface area (Å²) in [5.74, 6) is -0.335. The molecule has 6 nitrogen and oxygen atoms in total. The van der Waals surface area contributed by atoms with Crippen molar-refractivity contribution in [2.45, 2.75) is 137 Å². The minimum atomic E-state index is -0.923. The van der Waals surface area contributed by atoms with Crippen LogP contribution in [0.25, 0.3) is 16.5 Å². The molecule has 0 radical (unpaired) electrons. The highest BCUT2D eigenvalue weighted by Gasteiger charge is 2.66. The van der Waals surface area contributed by atoms with E-state index in [1.54, 1.807) is 13.0 Å². The van der Waals surface area contributed by atoms with Crippen LogP contribution in [0.1, 0.15) is 129 Å². The minimum Gasteiger partial charge on any atom is -0.478 e. The summed E-state index contributed by atoms with van der Waals surface area (Å²) in [6, 6.07) is 2.40. The lowest BCUT2D eigenvalue weighted by Gasteiger charge is -2.64. The van der Waals surface area contributed by atoms with Gasteiger partial charge in [-0.1, -0.05) is 50.6 Å². The highest BCUT2D eigenvalue weighted by Crippen LogP contribution is 2.70. The number of hydrogen-bond acceptors (Lipinski definition) is 4. The summed E-state index contributed by atoms with van der Waals surface area (Å²) in [4.78, 5) is 15.6. The standard InChI is InChI=1S/C43H57NO5/c1-23(2)13-15-26-33-27(30-22-39(4,5)49-40(6,7)34(30)36(33)46)21-28-29-20-25-14-16-31-41(8,18-11-12-24(3)38(47)48)32(45)17-19-42(31,9)43(25,10)37(29)44-35(26)28/h11-13,18,21-22,25,31-32,34,36,44-46H,14-17,19-20H2,1-10H3,(H,47,48). The van der Waals surface area contributed by atoms with E-state index < -0.39 is 34.8 Å². The SMILES string of the molecule is CC(C)=CCc1c2c(cc3c4c([nH]c13)C1(C)C(CCC3C(C)(C=CC=C(C)C(=O)O)C(O)CCC31C)C4)C1=CC(C)(C)OC(C)(C)C1C2O. The Kier molecular flexibility index (Phi) is 7.77. The Balaban J connectivity index is 1.41. The van der Waals surface area contributed by atoms with Gasteiger partial charge in [-0.15, -0.1) is 0 Å². The molecule has 4 aliphatic carbocycles. The first-order valence-electron chi connectivity index (χ1n) is 18.5. The summed E-state index contributed by atoms with van der Waals surface area (Å²) < 4.78 is 6.57. The number of nitrogens with one attached hydrogen (secondary N) is 1. The molecule has 8 unspecified atom stereocenters. The molecule has 1 aromatic heterocycles. The molecule has 2 fully saturated rings. The Morgan fingerprint density at radius 1 is 1.04 bits per heavy atom. The van der Waals surface area contributed by atoms with Crippen molar-refractivity contribution in [2.75, 3.05) is 0 Å². The average molecular weight is 668 g/mol. The number of H-pyrrole nitrogens is 1. The molecule has 8 atom stereocenters. The smallest absolute Gasteiger partial charge is 0.331 e. The van der Waals surface area contributed by atoms with Crippen molar-refractivity contribution >= 4 is 22.4 Å². The third kappa shape index (κ3) is 4.79. The average Bonchev–Trinajstić information content (AvgIpc) is 3.60. The maximum Gasteiger partial charge on any atom is 0.331 e. The predicted molar refractivity (Wildman–Crippen MR) is 196 cm³/mol. The van der Waals surface area contributed by atoms with Gasteiger partial charge in [0.25, 0.3) is 0 Å². The van der Waals surface area contributed by atoms with E-state index in [1.165, 1.54) is 38.9 Å². The zero-order chi connectivity index (χ0) is 35.6. The first kappa shape index (κ1) is 34.5. The number of allylic oxidation sites excluding steroid dienone is 4. The van der Waals surface area contributed by atoms with E-state index in [2.05, 4.69) is 91.6 Å². The second kappa shape index (κ2) is 11.0. The van der Waals surface area contributed by atoms with Crippen molar-refractivity contribution in [3.8, 4) is 0 Å². The number of carbonyl (C=O) groups is 1. The van der Waals surface area contributed by atoms with Gasteiger partial charge in [-0.25, -0.2) is 4.79 Å². The van der Waals surface area contributed by atoms with Gasteiger partial charge in [-0.2, -0.15) is 0 Å². The van der Waals surface area contributed by atoms with E-state index in [-0.39, 0.29) is 28.2 Å². The molecule has 5 aliphatic rings. The quantitative estimate of drug-likeness (QED) is 0.145. The predicted octanol–water partition coefficient (Wildman–Crippen LogP) is 8.91. The Hall–Kier alpha value is -2.93. The van der Waals surface area contributed by atoms with Gasteiger partial charge in [0.1, 0.15) is 0 Å². The molecule has 2 heterocycles. The van der Waals surface area contributed by atoms with Crippen LogP contribution >= 0.6 is 0 Å². The number of carboxylic acid groups (broad SMARTS) is 1. The van der Waals surface area contributed by atoms with Crippen LogP contribution in [0.5, 0.6) is 0 Å². The summed E-state index contributed by atoms with van der Waals surface area (Å²) in [6.45, 7) is 21.5. The largest absolute Gasteiger partial charge is 0.478 e. The van der Waals surface area contributed by atoms with Crippen molar-refractivity contribution in [1.29, 1.82) is 0 Å². The maximum atomic E-state index is 12.2. The van der Waals surface area contributed by atoms with Gasteiger partial charge in [0.15, 0.2) is 0 Å². The van der Waals surface area contributed by atoms with E-state index in [0.29, 0.717) is 12.3 Å². The Morgan fingerprint density at radius 3 is 2.43 bits per heavy atom. The second-order valence-electron chi connectivity index (χ2n) is 18.1.